The number of nitrogens with two attached hydrogens (primary N) is 1. The van der Waals surface area contributed by atoms with Crippen LogP contribution in [0.3, 0.4) is 0 Å². The van der Waals surface area contributed by atoms with Crippen molar-refractivity contribution in [3.8, 4) is 0 Å². The van der Waals surface area contributed by atoms with Gasteiger partial charge in [0.15, 0.2) is 5.96 Å². The van der Waals surface area contributed by atoms with Crippen LogP contribution in [0.25, 0.3) is 0 Å². The summed E-state index contributed by atoms with van der Waals surface area (Å²) in [6.07, 6.45) is 3.09. The number of rotatable bonds is 5. The lowest BCUT2D eigenvalue weighted by Gasteiger charge is -2.23. The highest BCUT2D eigenvalue weighted by Crippen LogP contribution is 2.14. The Morgan fingerprint density at radius 2 is 2.33 bits per heavy atom. The van der Waals surface area contributed by atoms with Gasteiger partial charge in [-0.2, -0.15) is 0 Å². The molecule has 1 unspecified atom stereocenters. The van der Waals surface area contributed by atoms with E-state index in [4.69, 9.17) is 10.5 Å². The Hall–Kier alpha value is -1.98. The molecule has 1 heterocycles. The lowest BCUT2D eigenvalue weighted by Crippen LogP contribution is -2.42. The third-order valence-electron chi connectivity index (χ3n) is 2.36. The molecule has 1 aliphatic heterocycles. The fourth-order valence-corrected chi connectivity index (χ4v) is 1.61. The zero-order chi connectivity index (χ0) is 13.5. The first-order valence-electron chi connectivity index (χ1n) is 6.01. The molecule has 1 aliphatic rings. The number of nitrogens with zero attached hydrogens (tertiary/aromatic N) is 1. The van der Waals surface area contributed by atoms with E-state index in [1.54, 1.807) is 13.0 Å². The maximum atomic E-state index is 11.3. The Bertz CT molecular complexity index is 399. The minimum atomic E-state index is -0.365. The fraction of sp³-hybridized carbons (Fsp3) is 0.500. The van der Waals surface area contributed by atoms with Gasteiger partial charge in [0.2, 0.25) is 0 Å². The summed E-state index contributed by atoms with van der Waals surface area (Å²) in [6.45, 7) is 6.77. The van der Waals surface area contributed by atoms with E-state index in [-0.39, 0.29) is 12.0 Å². The fourth-order valence-electron chi connectivity index (χ4n) is 1.61. The van der Waals surface area contributed by atoms with Crippen LogP contribution in [-0.2, 0) is 9.53 Å². The molecule has 18 heavy (non-hydrogen) atoms. The van der Waals surface area contributed by atoms with E-state index in [9.17, 15) is 4.79 Å². The molecule has 6 heteroatoms. The largest absolute Gasteiger partial charge is 0.463 e. The molecule has 4 N–H and O–H groups in total. The molecular formula is C12H20N4O2. The van der Waals surface area contributed by atoms with E-state index in [2.05, 4.69) is 15.6 Å². The Balaban J connectivity index is 2.86. The predicted octanol–water partition coefficient (Wildman–Crippen LogP) is 0.233. The number of aliphatic imine (C=N–C) groups is 1. The summed E-state index contributed by atoms with van der Waals surface area (Å²) >= 11 is 0. The first-order chi connectivity index (χ1) is 8.58. The summed E-state index contributed by atoms with van der Waals surface area (Å²) in [5, 5.41) is 6.10. The molecule has 0 saturated heterocycles. The third kappa shape index (κ3) is 3.80. The van der Waals surface area contributed by atoms with E-state index in [0.717, 1.165) is 17.9 Å². The number of esters is 1. The second-order valence-corrected chi connectivity index (χ2v) is 3.76. The van der Waals surface area contributed by atoms with Crippen LogP contribution in [0.2, 0.25) is 0 Å². The topological polar surface area (TPSA) is 88.7 Å². The van der Waals surface area contributed by atoms with Gasteiger partial charge >= 0.3 is 5.97 Å². The van der Waals surface area contributed by atoms with Crippen LogP contribution in [0.5, 0.6) is 0 Å². The normalized spacial score (nSPS) is 19.5. The molecule has 0 aromatic carbocycles. The number of nitrogens with one attached hydrogen (secondary N) is 2. The van der Waals surface area contributed by atoms with Crippen LogP contribution in [0.15, 0.2) is 28.5 Å². The SMILES string of the molecule is CCNC1=C(/C=C/C(=O)OCC)C(C)N=C(N)N1. The van der Waals surface area contributed by atoms with Crippen molar-refractivity contribution in [1.82, 2.24) is 10.6 Å². The number of carbonyl (C=O) groups excluding carboxylic acids is 1. The highest BCUT2D eigenvalue weighted by molar-refractivity contribution is 5.84. The summed E-state index contributed by atoms with van der Waals surface area (Å²) in [6, 6.07) is -0.106. The van der Waals surface area contributed by atoms with Gasteiger partial charge in [-0.05, 0) is 26.8 Å². The zero-order valence-corrected chi connectivity index (χ0v) is 11.0. The molecule has 0 spiro atoms. The van der Waals surface area contributed by atoms with Crippen molar-refractivity contribution >= 4 is 11.9 Å². The number of hydrogen-bond acceptors (Lipinski definition) is 6. The number of carbonyl (C=O) groups is 1. The molecule has 0 fully saturated rings. The molecule has 1 atom stereocenters. The minimum absolute atomic E-state index is 0.106. The minimum Gasteiger partial charge on any atom is -0.463 e. The Morgan fingerprint density at radius 3 is 2.94 bits per heavy atom. The van der Waals surface area contributed by atoms with Crippen LogP contribution < -0.4 is 16.4 Å². The van der Waals surface area contributed by atoms with Gasteiger partial charge in [-0.15, -0.1) is 0 Å². The van der Waals surface area contributed by atoms with Crippen molar-refractivity contribution < 1.29 is 9.53 Å². The molecule has 0 bridgehead atoms. The number of hydrogen-bond donors (Lipinski definition) is 3. The summed E-state index contributed by atoms with van der Waals surface area (Å²) in [4.78, 5) is 15.5. The van der Waals surface area contributed by atoms with Crippen molar-refractivity contribution in [3.05, 3.63) is 23.5 Å². The Morgan fingerprint density at radius 1 is 1.61 bits per heavy atom. The number of guanidine groups is 1. The predicted molar refractivity (Wildman–Crippen MR) is 70.7 cm³/mol. The Kier molecular flexibility index (Phi) is 5.23. The maximum absolute atomic E-state index is 11.3. The highest BCUT2D eigenvalue weighted by atomic mass is 16.5. The van der Waals surface area contributed by atoms with Gasteiger partial charge in [0.25, 0.3) is 0 Å². The van der Waals surface area contributed by atoms with Gasteiger partial charge in [0, 0.05) is 18.2 Å². The van der Waals surface area contributed by atoms with E-state index in [0.29, 0.717) is 12.6 Å². The monoisotopic (exact) mass is 252 g/mol. The summed E-state index contributed by atoms with van der Waals surface area (Å²) in [5.74, 6) is 0.778. The van der Waals surface area contributed by atoms with Crippen molar-refractivity contribution in [2.75, 3.05) is 13.2 Å². The molecular weight excluding hydrogens is 232 g/mol. The van der Waals surface area contributed by atoms with Crippen LogP contribution in [-0.4, -0.2) is 31.1 Å². The molecule has 1 rings (SSSR count). The smallest absolute Gasteiger partial charge is 0.330 e. The molecule has 6 nitrogen and oxygen atoms in total. The van der Waals surface area contributed by atoms with Gasteiger partial charge in [0.05, 0.1) is 12.6 Å². The van der Waals surface area contributed by atoms with E-state index in [1.165, 1.54) is 6.08 Å². The van der Waals surface area contributed by atoms with Gasteiger partial charge in [-0.3, -0.25) is 0 Å². The lowest BCUT2D eigenvalue weighted by molar-refractivity contribution is -0.137. The van der Waals surface area contributed by atoms with Crippen LogP contribution in [0.1, 0.15) is 20.8 Å². The third-order valence-corrected chi connectivity index (χ3v) is 2.36. The van der Waals surface area contributed by atoms with Crippen molar-refractivity contribution in [2.24, 2.45) is 10.7 Å². The standard InChI is InChI=1S/C12H20N4O2/c1-4-14-11-9(6-7-10(17)18-5-2)8(3)15-12(13)16-11/h6-8,14H,4-5H2,1-3H3,(H3,13,15,16)/b7-6+. The molecule has 0 radical (unpaired) electrons. The quantitative estimate of drug-likeness (QED) is 0.481. The van der Waals surface area contributed by atoms with E-state index >= 15 is 0 Å². The van der Waals surface area contributed by atoms with Gasteiger partial charge < -0.3 is 21.1 Å². The van der Waals surface area contributed by atoms with E-state index in [1.807, 2.05) is 13.8 Å². The van der Waals surface area contributed by atoms with Gasteiger partial charge in [-0.25, -0.2) is 9.79 Å². The zero-order valence-electron chi connectivity index (χ0n) is 11.0. The second-order valence-electron chi connectivity index (χ2n) is 3.76. The highest BCUT2D eigenvalue weighted by Gasteiger charge is 2.17. The molecule has 100 valence electrons. The van der Waals surface area contributed by atoms with Crippen molar-refractivity contribution in [2.45, 2.75) is 26.8 Å². The average molecular weight is 252 g/mol. The summed E-state index contributed by atoms with van der Waals surface area (Å²) < 4.78 is 4.83. The van der Waals surface area contributed by atoms with E-state index < -0.39 is 0 Å². The summed E-state index contributed by atoms with van der Waals surface area (Å²) in [5.41, 5.74) is 6.53. The van der Waals surface area contributed by atoms with Crippen LogP contribution >= 0.6 is 0 Å². The van der Waals surface area contributed by atoms with Gasteiger partial charge in [-0.1, -0.05) is 0 Å². The first kappa shape index (κ1) is 14.1. The molecule has 0 amide bonds. The molecule has 0 saturated carbocycles. The maximum Gasteiger partial charge on any atom is 0.330 e. The first-order valence-corrected chi connectivity index (χ1v) is 6.01. The van der Waals surface area contributed by atoms with Gasteiger partial charge in [0.1, 0.15) is 5.82 Å². The molecule has 0 aromatic rings. The number of ether oxygens (including phenoxy) is 1. The second kappa shape index (κ2) is 6.68. The summed E-state index contributed by atoms with van der Waals surface area (Å²) in [7, 11) is 0. The molecule has 0 aromatic heterocycles. The van der Waals surface area contributed by atoms with Crippen LogP contribution in [0, 0.1) is 0 Å². The van der Waals surface area contributed by atoms with Crippen molar-refractivity contribution in [1.29, 1.82) is 0 Å². The molecule has 0 aliphatic carbocycles. The van der Waals surface area contributed by atoms with Crippen molar-refractivity contribution in [3.63, 3.8) is 0 Å². The average Bonchev–Trinajstić information content (AvgIpc) is 2.28. The van der Waals surface area contributed by atoms with Crippen LogP contribution in [0.4, 0.5) is 0 Å². The lowest BCUT2D eigenvalue weighted by atomic mass is 10.1. The Labute approximate surface area is 107 Å².